The number of aromatic nitrogens is 2. The van der Waals surface area contributed by atoms with E-state index >= 15 is 0 Å². The average Bonchev–Trinajstić information content (AvgIpc) is 3.16. The Bertz CT molecular complexity index is 848. The third kappa shape index (κ3) is 3.79. The zero-order chi connectivity index (χ0) is 18.8. The molecule has 0 bridgehead atoms. The molecule has 1 fully saturated rings. The summed E-state index contributed by atoms with van der Waals surface area (Å²) in [4.78, 5) is 32.7. The Balaban J connectivity index is 1.48. The molecule has 0 spiro atoms. The van der Waals surface area contributed by atoms with Gasteiger partial charge in [-0.2, -0.15) is 0 Å². The third-order valence-electron chi connectivity index (χ3n) is 5.10. The van der Waals surface area contributed by atoms with Crippen LogP contribution < -0.4 is 5.32 Å². The van der Waals surface area contributed by atoms with Gasteiger partial charge in [0.15, 0.2) is 0 Å². The van der Waals surface area contributed by atoms with Crippen molar-refractivity contribution in [3.63, 3.8) is 0 Å². The number of halogens is 1. The first-order valence-electron chi connectivity index (χ1n) is 9.22. The number of carbonyl (C=O) groups excluding carboxylic acids is 2. The Labute approximate surface area is 156 Å². The fraction of sp³-hybridized carbons (Fsp3) is 0.421. The standard InChI is InChI=1S/C19H22FN5O2/c20-14-4-6-15(7-5-14)22-19(27)24-9-2-10-25-13-21-16(17(25)12-24)11-23-8-1-3-18(23)26/h4-7,13H,1-3,8-12H2,(H,22,27). The maximum absolute atomic E-state index is 13.0. The van der Waals surface area contributed by atoms with Crippen molar-refractivity contribution in [1.82, 2.24) is 19.4 Å². The first-order valence-corrected chi connectivity index (χ1v) is 9.22. The van der Waals surface area contributed by atoms with E-state index in [9.17, 15) is 14.0 Å². The van der Waals surface area contributed by atoms with E-state index in [1.807, 2.05) is 4.90 Å². The van der Waals surface area contributed by atoms with E-state index < -0.39 is 0 Å². The van der Waals surface area contributed by atoms with Crippen LogP contribution in [0.3, 0.4) is 0 Å². The molecule has 4 rings (SSSR count). The summed E-state index contributed by atoms with van der Waals surface area (Å²) in [6.07, 6.45) is 4.11. The van der Waals surface area contributed by atoms with E-state index in [1.165, 1.54) is 12.1 Å². The van der Waals surface area contributed by atoms with Gasteiger partial charge in [0, 0.05) is 31.7 Å². The predicted octanol–water partition coefficient (Wildman–Crippen LogP) is 2.58. The smallest absolute Gasteiger partial charge is 0.322 e. The molecule has 0 radical (unpaired) electrons. The lowest BCUT2D eigenvalue weighted by Gasteiger charge is -2.22. The number of aryl methyl sites for hydroxylation is 1. The quantitative estimate of drug-likeness (QED) is 0.902. The van der Waals surface area contributed by atoms with Crippen molar-refractivity contribution in [3.05, 3.63) is 47.8 Å². The summed E-state index contributed by atoms with van der Waals surface area (Å²) in [7, 11) is 0. The number of fused-ring (bicyclic) bond motifs is 1. The number of amides is 3. The van der Waals surface area contributed by atoms with Gasteiger partial charge in [0.25, 0.3) is 0 Å². The Hall–Kier alpha value is -2.90. The summed E-state index contributed by atoms with van der Waals surface area (Å²) in [6, 6.07) is 5.50. The van der Waals surface area contributed by atoms with Crippen LogP contribution in [0.15, 0.2) is 30.6 Å². The van der Waals surface area contributed by atoms with Crippen LogP contribution >= 0.6 is 0 Å². The minimum absolute atomic E-state index is 0.163. The van der Waals surface area contributed by atoms with E-state index in [2.05, 4.69) is 14.9 Å². The molecule has 142 valence electrons. The molecule has 0 atom stereocenters. The summed E-state index contributed by atoms with van der Waals surface area (Å²) >= 11 is 0. The van der Waals surface area contributed by atoms with Crippen molar-refractivity contribution in [2.45, 2.75) is 38.9 Å². The van der Waals surface area contributed by atoms with Gasteiger partial charge in [0.1, 0.15) is 5.82 Å². The van der Waals surface area contributed by atoms with Crippen molar-refractivity contribution in [1.29, 1.82) is 0 Å². The molecule has 1 aromatic heterocycles. The number of carbonyl (C=O) groups is 2. The van der Waals surface area contributed by atoms with Gasteiger partial charge in [-0.15, -0.1) is 0 Å². The van der Waals surface area contributed by atoms with E-state index in [0.717, 1.165) is 37.3 Å². The number of imidazole rings is 1. The van der Waals surface area contributed by atoms with Crippen LogP contribution in [0.25, 0.3) is 0 Å². The van der Waals surface area contributed by atoms with E-state index in [0.29, 0.717) is 31.7 Å². The van der Waals surface area contributed by atoms with Gasteiger partial charge < -0.3 is 19.7 Å². The highest BCUT2D eigenvalue weighted by molar-refractivity contribution is 5.89. The average molecular weight is 371 g/mol. The Morgan fingerprint density at radius 1 is 1.15 bits per heavy atom. The van der Waals surface area contributed by atoms with Crippen molar-refractivity contribution in [2.24, 2.45) is 0 Å². The molecular weight excluding hydrogens is 349 g/mol. The summed E-state index contributed by atoms with van der Waals surface area (Å²) < 4.78 is 15.1. The highest BCUT2D eigenvalue weighted by Gasteiger charge is 2.26. The molecular formula is C19H22FN5O2. The number of nitrogens with one attached hydrogen (secondary N) is 1. The monoisotopic (exact) mass is 371 g/mol. The second kappa shape index (κ2) is 7.38. The Kier molecular flexibility index (Phi) is 4.79. The molecule has 0 unspecified atom stereocenters. The molecule has 7 nitrogen and oxygen atoms in total. The lowest BCUT2D eigenvalue weighted by Crippen LogP contribution is -2.35. The molecule has 0 aliphatic carbocycles. The lowest BCUT2D eigenvalue weighted by molar-refractivity contribution is -0.128. The van der Waals surface area contributed by atoms with Crippen LogP contribution in [0.4, 0.5) is 14.9 Å². The van der Waals surface area contributed by atoms with E-state index in [1.54, 1.807) is 23.4 Å². The van der Waals surface area contributed by atoms with Crippen LogP contribution in [0.1, 0.15) is 30.7 Å². The molecule has 0 saturated carbocycles. The maximum Gasteiger partial charge on any atom is 0.322 e. The Morgan fingerprint density at radius 3 is 2.70 bits per heavy atom. The van der Waals surface area contributed by atoms with E-state index in [4.69, 9.17) is 0 Å². The molecule has 1 N–H and O–H groups in total. The van der Waals surface area contributed by atoms with Gasteiger partial charge in [-0.05, 0) is 37.1 Å². The van der Waals surface area contributed by atoms with Gasteiger partial charge >= 0.3 is 6.03 Å². The fourth-order valence-electron chi connectivity index (χ4n) is 3.61. The molecule has 3 amide bonds. The van der Waals surface area contributed by atoms with Crippen LogP contribution in [0.5, 0.6) is 0 Å². The van der Waals surface area contributed by atoms with Crippen LogP contribution in [0, 0.1) is 5.82 Å². The minimum Gasteiger partial charge on any atom is -0.337 e. The molecule has 27 heavy (non-hydrogen) atoms. The van der Waals surface area contributed by atoms with Crippen LogP contribution in [-0.4, -0.2) is 44.4 Å². The van der Waals surface area contributed by atoms with Crippen LogP contribution in [0.2, 0.25) is 0 Å². The summed E-state index contributed by atoms with van der Waals surface area (Å²) in [5, 5.41) is 2.82. The molecule has 1 saturated heterocycles. The van der Waals surface area contributed by atoms with Gasteiger partial charge in [0.2, 0.25) is 5.91 Å². The number of urea groups is 1. The number of benzene rings is 1. The number of hydrogen-bond donors (Lipinski definition) is 1. The number of nitrogens with zero attached hydrogens (tertiary/aromatic N) is 4. The van der Waals surface area contributed by atoms with Gasteiger partial charge in [-0.1, -0.05) is 0 Å². The summed E-state index contributed by atoms with van der Waals surface area (Å²) in [5.74, 6) is -0.177. The number of likely N-dealkylation sites (tertiary alicyclic amines) is 1. The molecule has 2 aliphatic rings. The maximum atomic E-state index is 13.0. The van der Waals surface area contributed by atoms with Crippen molar-refractivity contribution in [3.8, 4) is 0 Å². The highest BCUT2D eigenvalue weighted by Crippen LogP contribution is 2.21. The molecule has 3 heterocycles. The molecule has 1 aromatic carbocycles. The predicted molar refractivity (Wildman–Crippen MR) is 97.3 cm³/mol. The summed E-state index contributed by atoms with van der Waals surface area (Å²) in [6.45, 7) is 3.10. The zero-order valence-corrected chi connectivity index (χ0v) is 15.0. The number of rotatable bonds is 3. The van der Waals surface area contributed by atoms with Crippen molar-refractivity contribution >= 4 is 17.6 Å². The van der Waals surface area contributed by atoms with Gasteiger partial charge in [-0.25, -0.2) is 14.2 Å². The fourth-order valence-corrected chi connectivity index (χ4v) is 3.61. The van der Waals surface area contributed by atoms with Crippen molar-refractivity contribution in [2.75, 3.05) is 18.4 Å². The number of hydrogen-bond acceptors (Lipinski definition) is 3. The largest absolute Gasteiger partial charge is 0.337 e. The summed E-state index contributed by atoms with van der Waals surface area (Å²) in [5.41, 5.74) is 2.38. The lowest BCUT2D eigenvalue weighted by atomic mass is 10.2. The SMILES string of the molecule is O=C1CCCN1Cc1ncn2c1CN(C(=O)Nc1ccc(F)cc1)CCC2. The minimum atomic E-state index is -0.340. The molecule has 2 aromatic rings. The second-order valence-electron chi connectivity index (χ2n) is 6.96. The second-order valence-corrected chi connectivity index (χ2v) is 6.96. The van der Waals surface area contributed by atoms with Gasteiger partial charge in [0.05, 0.1) is 30.8 Å². The first-order chi connectivity index (χ1) is 13.1. The first kappa shape index (κ1) is 17.5. The van der Waals surface area contributed by atoms with E-state index in [-0.39, 0.29) is 17.8 Å². The highest BCUT2D eigenvalue weighted by atomic mass is 19.1. The normalized spacial score (nSPS) is 17.0. The molecule has 8 heteroatoms. The Morgan fingerprint density at radius 2 is 1.96 bits per heavy atom. The van der Waals surface area contributed by atoms with Gasteiger partial charge in [-0.3, -0.25) is 4.79 Å². The topological polar surface area (TPSA) is 70.5 Å². The third-order valence-corrected chi connectivity index (χ3v) is 5.10. The zero-order valence-electron chi connectivity index (χ0n) is 15.0. The van der Waals surface area contributed by atoms with Crippen LogP contribution in [-0.2, 0) is 24.4 Å². The molecule has 2 aliphatic heterocycles. The van der Waals surface area contributed by atoms with Crippen molar-refractivity contribution < 1.29 is 14.0 Å². The number of anilines is 1.